The summed E-state index contributed by atoms with van der Waals surface area (Å²) in [6.07, 6.45) is 1.51. The average Bonchev–Trinajstić information content (AvgIpc) is 2.91. The molecule has 0 radical (unpaired) electrons. The van der Waals surface area contributed by atoms with E-state index in [4.69, 9.17) is 17.0 Å². The molecule has 4 aliphatic rings. The van der Waals surface area contributed by atoms with Gasteiger partial charge in [0, 0.05) is 16.7 Å². The van der Waals surface area contributed by atoms with Crippen molar-refractivity contribution < 1.29 is 28.5 Å². The Morgan fingerprint density at radius 1 is 1.36 bits per heavy atom. The number of rotatable bonds is 1. The Hall–Kier alpha value is -1.18. The minimum atomic E-state index is -2.14. The van der Waals surface area contributed by atoms with Gasteiger partial charge in [-0.1, -0.05) is 13.0 Å². The second kappa shape index (κ2) is 5.92. The molecule has 0 saturated heterocycles. The lowest BCUT2D eigenvalue weighted by Gasteiger charge is -2.63. The Kier molecular flexibility index (Phi) is 4.25. The summed E-state index contributed by atoms with van der Waals surface area (Å²) >= 11 is 5.25. The van der Waals surface area contributed by atoms with E-state index < -0.39 is 40.3 Å². The van der Waals surface area contributed by atoms with Crippen molar-refractivity contribution in [3.05, 3.63) is 23.8 Å². The van der Waals surface area contributed by atoms with Crippen molar-refractivity contribution in [3.63, 3.8) is 0 Å². The van der Waals surface area contributed by atoms with Crippen LogP contribution in [0.15, 0.2) is 23.8 Å². The van der Waals surface area contributed by atoms with Gasteiger partial charge in [-0.25, -0.2) is 8.78 Å². The van der Waals surface area contributed by atoms with E-state index in [2.05, 4.69) is 0 Å². The molecule has 0 amide bonds. The number of carbonyl (C=O) groups is 1. The lowest BCUT2D eigenvalue weighted by Crippen LogP contribution is -2.70. The number of aliphatic hydroxyl groups is 2. The number of fused-ring (bicyclic) bond motifs is 5. The lowest BCUT2D eigenvalue weighted by atomic mass is 9.44. The predicted molar refractivity (Wildman–Crippen MR) is 103 cm³/mol. The Balaban J connectivity index is 1.84. The van der Waals surface area contributed by atoms with Crippen molar-refractivity contribution in [2.45, 2.75) is 63.1 Å². The van der Waals surface area contributed by atoms with E-state index in [1.807, 2.05) is 0 Å². The maximum absolute atomic E-state index is 16.8. The number of hydrogen-bond donors (Lipinski definition) is 2. The summed E-state index contributed by atoms with van der Waals surface area (Å²) in [5.41, 5.74) is -5.85. The van der Waals surface area contributed by atoms with Crippen LogP contribution in [-0.4, -0.2) is 51.7 Å². The molecule has 3 fully saturated rings. The number of alkyl halides is 2. The molecule has 7 heteroatoms. The van der Waals surface area contributed by atoms with E-state index in [-0.39, 0.29) is 41.6 Å². The van der Waals surface area contributed by atoms with Crippen molar-refractivity contribution in [1.29, 1.82) is 0 Å². The van der Waals surface area contributed by atoms with Crippen molar-refractivity contribution in [2.75, 3.05) is 7.11 Å². The third kappa shape index (κ3) is 2.10. The minimum Gasteiger partial charge on any atom is -0.488 e. The fourth-order valence-corrected chi connectivity index (χ4v) is 7.05. The Labute approximate surface area is 168 Å². The Bertz CT molecular complexity index is 812. The van der Waals surface area contributed by atoms with E-state index in [1.54, 1.807) is 13.8 Å². The average molecular weight is 412 g/mol. The molecule has 0 heterocycles. The molecule has 28 heavy (non-hydrogen) atoms. The molecular formula is C21H26F2O4S. The van der Waals surface area contributed by atoms with Gasteiger partial charge in [-0.3, -0.25) is 4.79 Å². The first kappa shape index (κ1) is 20.1. The molecule has 3 saturated carbocycles. The number of thiocarbonyl (C=S) groups is 1. The summed E-state index contributed by atoms with van der Waals surface area (Å²) in [7, 11) is 1.38. The van der Waals surface area contributed by atoms with E-state index in [1.165, 1.54) is 25.3 Å². The molecule has 4 rings (SSSR count). The summed E-state index contributed by atoms with van der Waals surface area (Å²) < 4.78 is 37.2. The highest BCUT2D eigenvalue weighted by atomic mass is 32.1. The molecular weight excluding hydrogens is 386 g/mol. The first-order valence-corrected chi connectivity index (χ1v) is 10.1. The summed E-state index contributed by atoms with van der Waals surface area (Å²) in [5, 5.41) is 22.4. The minimum absolute atomic E-state index is 0.0216. The topological polar surface area (TPSA) is 66.8 Å². The summed E-state index contributed by atoms with van der Waals surface area (Å²) in [6.45, 7) is 3.35. The summed E-state index contributed by atoms with van der Waals surface area (Å²) in [6, 6.07) is 0. The highest BCUT2D eigenvalue weighted by Gasteiger charge is 2.75. The van der Waals surface area contributed by atoms with Crippen LogP contribution in [-0.2, 0) is 9.53 Å². The molecule has 8 atom stereocenters. The summed E-state index contributed by atoms with van der Waals surface area (Å²) in [4.78, 5) is 11.8. The molecule has 0 aliphatic heterocycles. The predicted octanol–water partition coefficient (Wildman–Crippen LogP) is 3.01. The lowest BCUT2D eigenvalue weighted by molar-refractivity contribution is -0.214. The van der Waals surface area contributed by atoms with Gasteiger partial charge in [0.15, 0.2) is 16.5 Å². The van der Waals surface area contributed by atoms with E-state index in [0.717, 1.165) is 0 Å². The number of allylic oxidation sites excluding steroid dienone is 4. The van der Waals surface area contributed by atoms with Gasteiger partial charge in [0.05, 0.1) is 13.2 Å². The molecule has 0 aromatic rings. The molecule has 0 aromatic carbocycles. The second-order valence-corrected chi connectivity index (χ2v) is 9.62. The van der Waals surface area contributed by atoms with Crippen LogP contribution in [0.25, 0.3) is 0 Å². The van der Waals surface area contributed by atoms with Crippen LogP contribution in [0.2, 0.25) is 0 Å². The van der Waals surface area contributed by atoms with Gasteiger partial charge >= 0.3 is 0 Å². The monoisotopic (exact) mass is 412 g/mol. The van der Waals surface area contributed by atoms with Crippen LogP contribution in [0.5, 0.6) is 0 Å². The quantitative estimate of drug-likeness (QED) is 0.648. The number of ketones is 1. The van der Waals surface area contributed by atoms with Gasteiger partial charge < -0.3 is 14.9 Å². The van der Waals surface area contributed by atoms with Crippen LogP contribution < -0.4 is 0 Å². The number of hydrogen-bond acceptors (Lipinski definition) is 5. The van der Waals surface area contributed by atoms with Crippen molar-refractivity contribution in [3.8, 4) is 0 Å². The zero-order chi connectivity index (χ0) is 20.7. The Morgan fingerprint density at radius 3 is 2.68 bits per heavy atom. The van der Waals surface area contributed by atoms with Crippen molar-refractivity contribution in [1.82, 2.24) is 0 Å². The molecule has 0 spiro atoms. The third-order valence-corrected chi connectivity index (χ3v) is 8.81. The standard InChI is InChI=1S/C21H26F2O4S/c1-18-6-4-11(24)8-14(18)15(22)9-13-12-5-7-20(26,17(28)27-3)19(12,2)10-16(25)21(13,18)23/h4,6,8,12-13,15-16,25-26H,5,7,9-10H2,1-3H3/t12-,13-,15-,16-,18-,19-,20-,21-/m0/s1. The number of methoxy groups -OCH3 is 1. The fraction of sp³-hybridized carbons (Fsp3) is 0.714. The molecule has 0 aromatic heterocycles. The fourth-order valence-electron chi connectivity index (χ4n) is 6.71. The number of aliphatic hydroxyl groups excluding tert-OH is 1. The molecule has 0 unspecified atom stereocenters. The number of halogens is 2. The zero-order valence-corrected chi connectivity index (χ0v) is 17.1. The van der Waals surface area contributed by atoms with Crippen molar-refractivity contribution in [2.24, 2.45) is 22.7 Å². The van der Waals surface area contributed by atoms with Crippen LogP contribution in [0, 0.1) is 22.7 Å². The highest BCUT2D eigenvalue weighted by molar-refractivity contribution is 7.80. The van der Waals surface area contributed by atoms with E-state index in [0.29, 0.717) is 6.42 Å². The normalized spacial score (nSPS) is 52.4. The van der Waals surface area contributed by atoms with Gasteiger partial charge in [0.25, 0.3) is 0 Å². The first-order chi connectivity index (χ1) is 13.0. The van der Waals surface area contributed by atoms with Crippen LogP contribution in [0.1, 0.15) is 39.5 Å². The zero-order valence-electron chi connectivity index (χ0n) is 16.2. The highest BCUT2D eigenvalue weighted by Crippen LogP contribution is 2.70. The molecule has 4 nitrogen and oxygen atoms in total. The van der Waals surface area contributed by atoms with Gasteiger partial charge in [-0.05, 0) is 68.5 Å². The SMILES string of the molecule is COC(=S)[C@@]1(O)CC[C@H]2[C@@H]3C[C@H](F)C4=CC(=O)C=C[C@]4(C)[C@@]3(F)[C@@H](O)C[C@@]21C. The van der Waals surface area contributed by atoms with E-state index >= 15 is 8.78 Å². The van der Waals surface area contributed by atoms with Gasteiger partial charge in [-0.15, -0.1) is 0 Å². The van der Waals surface area contributed by atoms with Crippen LogP contribution >= 0.6 is 12.2 Å². The number of ether oxygens (including phenoxy) is 1. The van der Waals surface area contributed by atoms with Crippen molar-refractivity contribution >= 4 is 23.1 Å². The first-order valence-electron chi connectivity index (χ1n) is 9.73. The van der Waals surface area contributed by atoms with Crippen LogP contribution in [0.4, 0.5) is 8.78 Å². The smallest absolute Gasteiger partial charge is 0.192 e. The maximum Gasteiger partial charge on any atom is 0.192 e. The maximum atomic E-state index is 16.8. The van der Waals surface area contributed by atoms with Crippen LogP contribution in [0.3, 0.4) is 0 Å². The largest absolute Gasteiger partial charge is 0.488 e. The molecule has 2 N–H and O–H groups in total. The van der Waals surface area contributed by atoms with E-state index in [9.17, 15) is 15.0 Å². The molecule has 0 bridgehead atoms. The van der Waals surface area contributed by atoms with Gasteiger partial charge in [0.1, 0.15) is 11.8 Å². The summed E-state index contributed by atoms with van der Waals surface area (Å²) in [5.74, 6) is -1.56. The molecule has 4 aliphatic carbocycles. The molecule has 154 valence electrons. The third-order valence-electron chi connectivity index (χ3n) is 8.30. The number of carbonyl (C=O) groups excluding carboxylic acids is 1. The van der Waals surface area contributed by atoms with Gasteiger partial charge in [-0.2, -0.15) is 0 Å². The van der Waals surface area contributed by atoms with Gasteiger partial charge in [0.2, 0.25) is 0 Å². The second-order valence-electron chi connectivity index (χ2n) is 9.25. The Morgan fingerprint density at radius 2 is 2.04 bits per heavy atom.